The van der Waals surface area contributed by atoms with Crippen LogP contribution in [0.5, 0.6) is 5.75 Å². The lowest BCUT2D eigenvalue weighted by atomic mass is 10.0. The lowest BCUT2D eigenvalue weighted by Crippen LogP contribution is -2.02. The first-order chi connectivity index (χ1) is 17.1. The Hall–Kier alpha value is -3.08. The number of carbonyl (C=O) groups excluding carboxylic acids is 1. The van der Waals surface area contributed by atoms with E-state index in [2.05, 4.69) is 6.58 Å². The molecule has 5 heteroatoms. The Kier molecular flexibility index (Phi) is 14.0. The van der Waals surface area contributed by atoms with Gasteiger partial charge in [0.15, 0.2) is 0 Å². The van der Waals surface area contributed by atoms with Crippen molar-refractivity contribution >= 4 is 11.9 Å². The Labute approximate surface area is 210 Å². The fraction of sp³-hybridized carbons (Fsp3) is 0.467. The van der Waals surface area contributed by atoms with Gasteiger partial charge in [-0.1, -0.05) is 101 Å². The Morgan fingerprint density at radius 3 is 1.83 bits per heavy atom. The van der Waals surface area contributed by atoms with E-state index in [1.807, 2.05) is 36.4 Å². The molecular formula is C30H40O5. The molecular weight excluding hydrogens is 440 g/mol. The fourth-order valence-electron chi connectivity index (χ4n) is 4.02. The first kappa shape index (κ1) is 28.2. The highest BCUT2D eigenvalue weighted by Crippen LogP contribution is 2.31. The zero-order valence-electron chi connectivity index (χ0n) is 20.9. The second-order valence-corrected chi connectivity index (χ2v) is 8.84. The highest BCUT2D eigenvalue weighted by atomic mass is 16.5. The third kappa shape index (κ3) is 11.7. The van der Waals surface area contributed by atoms with Crippen LogP contribution in [0, 0.1) is 0 Å². The average molecular weight is 481 g/mol. The van der Waals surface area contributed by atoms with Crippen LogP contribution in [0.3, 0.4) is 0 Å². The number of hydrogen-bond donors (Lipinski definition) is 1. The molecule has 1 N–H and O–H groups in total. The average Bonchev–Trinajstić information content (AvgIpc) is 2.88. The van der Waals surface area contributed by atoms with Crippen LogP contribution in [0.4, 0.5) is 0 Å². The van der Waals surface area contributed by atoms with E-state index in [4.69, 9.17) is 9.47 Å². The molecule has 2 rings (SSSR count). The fourth-order valence-corrected chi connectivity index (χ4v) is 4.02. The molecule has 0 aliphatic heterocycles. The summed E-state index contributed by atoms with van der Waals surface area (Å²) in [5, 5.41) is 9.33. The highest BCUT2D eigenvalue weighted by Gasteiger charge is 2.11. The summed E-state index contributed by atoms with van der Waals surface area (Å²) in [6, 6.07) is 15.0. The predicted molar refractivity (Wildman–Crippen MR) is 141 cm³/mol. The summed E-state index contributed by atoms with van der Waals surface area (Å²) in [5.74, 6) is -0.643. The van der Waals surface area contributed by atoms with Gasteiger partial charge in [0.05, 0.1) is 18.8 Å². The number of unbranched alkanes of at least 4 members (excludes halogenated alkanes) is 11. The van der Waals surface area contributed by atoms with Gasteiger partial charge >= 0.3 is 11.9 Å². The summed E-state index contributed by atoms with van der Waals surface area (Å²) in [7, 11) is 0. The van der Waals surface area contributed by atoms with Gasteiger partial charge in [-0.3, -0.25) is 0 Å². The molecule has 0 aliphatic carbocycles. The molecule has 0 unspecified atom stereocenters. The van der Waals surface area contributed by atoms with E-state index in [0.717, 1.165) is 36.8 Å². The van der Waals surface area contributed by atoms with Gasteiger partial charge in [-0.25, -0.2) is 9.59 Å². The maximum atomic E-state index is 11.4. The molecule has 0 radical (unpaired) electrons. The number of aromatic carboxylic acids is 1. The number of hydrogen-bond acceptors (Lipinski definition) is 4. The van der Waals surface area contributed by atoms with E-state index in [0.29, 0.717) is 19.0 Å². The monoisotopic (exact) mass is 480 g/mol. The molecule has 5 nitrogen and oxygen atoms in total. The van der Waals surface area contributed by atoms with Crippen molar-refractivity contribution in [3.8, 4) is 16.9 Å². The number of rotatable bonds is 19. The molecule has 0 fully saturated rings. The highest BCUT2D eigenvalue weighted by molar-refractivity contribution is 5.89. The van der Waals surface area contributed by atoms with Crippen LogP contribution < -0.4 is 4.74 Å². The Morgan fingerprint density at radius 2 is 1.29 bits per heavy atom. The van der Waals surface area contributed by atoms with Gasteiger partial charge in [0.2, 0.25) is 0 Å². The molecule has 0 bridgehead atoms. The zero-order chi connectivity index (χ0) is 25.1. The number of ether oxygens (including phenoxy) is 2. The molecule has 2 aromatic rings. The van der Waals surface area contributed by atoms with Gasteiger partial charge in [-0.05, 0) is 36.6 Å². The van der Waals surface area contributed by atoms with Crippen molar-refractivity contribution in [2.24, 2.45) is 0 Å². The second-order valence-electron chi connectivity index (χ2n) is 8.84. The van der Waals surface area contributed by atoms with Crippen LogP contribution in [-0.4, -0.2) is 30.3 Å². The summed E-state index contributed by atoms with van der Waals surface area (Å²) in [5.41, 5.74) is 2.19. The molecule has 0 spiro atoms. The van der Waals surface area contributed by atoms with Crippen LogP contribution in [0.1, 0.15) is 87.4 Å². The Morgan fingerprint density at radius 1 is 0.743 bits per heavy atom. The molecule has 0 amide bonds. The lowest BCUT2D eigenvalue weighted by Gasteiger charge is -2.13. The Balaban J connectivity index is 1.51. The lowest BCUT2D eigenvalue weighted by molar-refractivity contribution is -0.137. The summed E-state index contributed by atoms with van der Waals surface area (Å²) in [6.45, 7) is 4.48. The van der Waals surface area contributed by atoms with Crippen molar-refractivity contribution < 1.29 is 24.2 Å². The third-order valence-electron chi connectivity index (χ3n) is 6.02. The molecule has 0 saturated heterocycles. The van der Waals surface area contributed by atoms with Gasteiger partial charge in [0.1, 0.15) is 5.75 Å². The van der Waals surface area contributed by atoms with Crippen molar-refractivity contribution in [2.45, 2.75) is 77.0 Å². The molecule has 0 heterocycles. The third-order valence-corrected chi connectivity index (χ3v) is 6.02. The number of carboxylic acid groups (broad SMARTS) is 1. The first-order valence-corrected chi connectivity index (χ1v) is 13.0. The van der Waals surface area contributed by atoms with Gasteiger partial charge < -0.3 is 14.6 Å². The van der Waals surface area contributed by atoms with Crippen molar-refractivity contribution in [1.29, 1.82) is 0 Å². The summed E-state index contributed by atoms with van der Waals surface area (Å²) >= 11 is 0. The normalized spacial score (nSPS) is 10.6. The molecule has 0 aliphatic rings. The summed E-state index contributed by atoms with van der Waals surface area (Å²) in [4.78, 5) is 22.3. The standard InChI is InChI=1S/C30H40O5/c1-2-29(31)35-23-17-12-10-8-6-4-3-5-7-9-11-16-22-34-28-24-26(30(32)33)20-21-27(28)25-18-14-13-15-19-25/h2,13-15,18-21,24H,1,3-12,16-17,22-23H2,(H,32,33). The van der Waals surface area contributed by atoms with E-state index in [1.54, 1.807) is 12.1 Å². The molecule has 0 aromatic heterocycles. The molecule has 2 aromatic carbocycles. The number of carbonyl (C=O) groups is 2. The minimum absolute atomic E-state index is 0.244. The maximum Gasteiger partial charge on any atom is 0.335 e. The minimum atomic E-state index is -0.944. The maximum absolute atomic E-state index is 11.4. The second kappa shape index (κ2) is 17.4. The summed E-state index contributed by atoms with van der Waals surface area (Å²) in [6.07, 6.45) is 15.4. The molecule has 35 heavy (non-hydrogen) atoms. The van der Waals surface area contributed by atoms with Gasteiger partial charge in [-0.2, -0.15) is 0 Å². The smallest absolute Gasteiger partial charge is 0.335 e. The topological polar surface area (TPSA) is 72.8 Å². The van der Waals surface area contributed by atoms with Crippen LogP contribution >= 0.6 is 0 Å². The number of carboxylic acids is 1. The predicted octanol–water partition coefficient (Wildman–Crippen LogP) is 7.84. The molecule has 0 atom stereocenters. The number of esters is 1. The first-order valence-electron chi connectivity index (χ1n) is 13.0. The van der Waals surface area contributed by atoms with E-state index in [1.165, 1.54) is 57.4 Å². The van der Waals surface area contributed by atoms with Gasteiger partial charge in [0, 0.05) is 11.6 Å². The van der Waals surface area contributed by atoms with Crippen molar-refractivity contribution in [3.63, 3.8) is 0 Å². The zero-order valence-corrected chi connectivity index (χ0v) is 20.9. The van der Waals surface area contributed by atoms with E-state index in [9.17, 15) is 14.7 Å². The van der Waals surface area contributed by atoms with E-state index < -0.39 is 5.97 Å². The van der Waals surface area contributed by atoms with E-state index >= 15 is 0 Å². The van der Waals surface area contributed by atoms with Gasteiger partial charge in [0.25, 0.3) is 0 Å². The Bertz CT molecular complexity index is 891. The van der Waals surface area contributed by atoms with E-state index in [-0.39, 0.29) is 11.5 Å². The van der Waals surface area contributed by atoms with Gasteiger partial charge in [-0.15, -0.1) is 0 Å². The molecule has 0 saturated carbocycles. The van der Waals surface area contributed by atoms with Crippen molar-refractivity contribution in [1.82, 2.24) is 0 Å². The van der Waals surface area contributed by atoms with Crippen LogP contribution in [0.25, 0.3) is 11.1 Å². The minimum Gasteiger partial charge on any atom is -0.493 e. The van der Waals surface area contributed by atoms with Crippen LogP contribution in [0.15, 0.2) is 61.2 Å². The largest absolute Gasteiger partial charge is 0.493 e. The quantitative estimate of drug-likeness (QED) is 0.126. The van der Waals surface area contributed by atoms with Crippen LogP contribution in [-0.2, 0) is 9.53 Å². The van der Waals surface area contributed by atoms with Crippen LogP contribution in [0.2, 0.25) is 0 Å². The summed E-state index contributed by atoms with van der Waals surface area (Å²) < 4.78 is 11.0. The molecule has 190 valence electrons. The SMILES string of the molecule is C=CC(=O)OCCCCCCCCCCCCCCOc1cc(C(=O)O)ccc1-c1ccccc1. The van der Waals surface area contributed by atoms with Crippen molar-refractivity contribution in [3.05, 3.63) is 66.7 Å². The number of benzene rings is 2. The van der Waals surface area contributed by atoms with Crippen molar-refractivity contribution in [2.75, 3.05) is 13.2 Å².